The molecular weight excluding hydrogens is 242 g/mol. The van der Waals surface area contributed by atoms with Gasteiger partial charge in [-0.2, -0.15) is 0 Å². The predicted molar refractivity (Wildman–Crippen MR) is 66.0 cm³/mol. The smallest absolute Gasteiger partial charge is 0.276 e. The molecule has 6 heteroatoms. The maximum atomic E-state index is 12.0. The fourth-order valence-corrected chi connectivity index (χ4v) is 2.21. The van der Waals surface area contributed by atoms with E-state index in [1.807, 2.05) is 4.90 Å². The summed E-state index contributed by atoms with van der Waals surface area (Å²) in [5.41, 5.74) is 5.94. The molecule has 2 rings (SSSR count). The second-order valence-corrected chi connectivity index (χ2v) is 4.22. The van der Waals surface area contributed by atoms with Crippen molar-refractivity contribution in [1.82, 2.24) is 10.1 Å². The highest BCUT2D eigenvalue weighted by atomic mass is 35.5. The van der Waals surface area contributed by atoms with Crippen LogP contribution in [-0.4, -0.2) is 35.6 Å². The van der Waals surface area contributed by atoms with E-state index in [2.05, 4.69) is 9.68 Å². The topological polar surface area (TPSA) is 72.4 Å². The molecule has 1 unspecified atom stereocenters. The summed E-state index contributed by atoms with van der Waals surface area (Å²) in [6.07, 6.45) is 4.63. The zero-order valence-electron chi connectivity index (χ0n) is 9.67. The number of carbonyl (C=O) groups is 1. The number of aromatic nitrogens is 1. The van der Waals surface area contributed by atoms with Crippen LogP contribution in [-0.2, 0) is 0 Å². The van der Waals surface area contributed by atoms with Crippen molar-refractivity contribution in [1.29, 1.82) is 0 Å². The summed E-state index contributed by atoms with van der Waals surface area (Å²) >= 11 is 0. The van der Waals surface area contributed by atoms with Gasteiger partial charge in [-0.05, 0) is 31.7 Å². The van der Waals surface area contributed by atoms with Gasteiger partial charge in [0.15, 0.2) is 5.69 Å². The second-order valence-electron chi connectivity index (χ2n) is 4.22. The lowest BCUT2D eigenvalue weighted by atomic mass is 9.95. The van der Waals surface area contributed by atoms with Crippen molar-refractivity contribution < 1.29 is 9.32 Å². The number of nitrogens with zero attached hydrogens (tertiary/aromatic N) is 2. The lowest BCUT2D eigenvalue weighted by Gasteiger charge is -2.32. The van der Waals surface area contributed by atoms with Crippen LogP contribution in [0, 0.1) is 5.92 Å². The van der Waals surface area contributed by atoms with E-state index < -0.39 is 0 Å². The highest BCUT2D eigenvalue weighted by Gasteiger charge is 2.25. The molecule has 96 valence electrons. The van der Waals surface area contributed by atoms with Crippen molar-refractivity contribution in [2.75, 3.05) is 19.6 Å². The minimum atomic E-state index is -0.0320. The lowest BCUT2D eigenvalue weighted by Crippen LogP contribution is -2.40. The maximum absolute atomic E-state index is 12.0. The average molecular weight is 260 g/mol. The fraction of sp³-hybridized carbons (Fsp3) is 0.636. The van der Waals surface area contributed by atoms with Gasteiger partial charge in [0.25, 0.3) is 5.91 Å². The monoisotopic (exact) mass is 259 g/mol. The van der Waals surface area contributed by atoms with Crippen LogP contribution in [0.3, 0.4) is 0 Å². The van der Waals surface area contributed by atoms with Crippen LogP contribution >= 0.6 is 12.4 Å². The van der Waals surface area contributed by atoms with E-state index in [0.717, 1.165) is 25.9 Å². The third-order valence-corrected chi connectivity index (χ3v) is 3.04. The molecule has 17 heavy (non-hydrogen) atoms. The van der Waals surface area contributed by atoms with Crippen LogP contribution in [0.4, 0.5) is 0 Å². The van der Waals surface area contributed by atoms with Gasteiger partial charge in [-0.15, -0.1) is 12.4 Å². The minimum absolute atomic E-state index is 0. The number of hydrogen-bond donors (Lipinski definition) is 1. The summed E-state index contributed by atoms with van der Waals surface area (Å²) in [6, 6.07) is 1.61. The molecule has 5 nitrogen and oxygen atoms in total. The first-order chi connectivity index (χ1) is 7.81. The molecule has 2 heterocycles. The number of hydrogen-bond acceptors (Lipinski definition) is 4. The number of nitrogens with two attached hydrogens (primary N) is 1. The Morgan fingerprint density at radius 1 is 1.65 bits per heavy atom. The second kappa shape index (κ2) is 6.61. The number of amides is 1. The maximum Gasteiger partial charge on any atom is 0.276 e. The van der Waals surface area contributed by atoms with Gasteiger partial charge in [0.05, 0.1) is 0 Å². The van der Waals surface area contributed by atoms with Crippen LogP contribution in [0.25, 0.3) is 0 Å². The van der Waals surface area contributed by atoms with Crippen LogP contribution in [0.1, 0.15) is 29.8 Å². The highest BCUT2D eigenvalue weighted by molar-refractivity contribution is 5.92. The quantitative estimate of drug-likeness (QED) is 0.888. The largest absolute Gasteiger partial charge is 0.364 e. The van der Waals surface area contributed by atoms with Crippen molar-refractivity contribution in [3.8, 4) is 0 Å². The number of likely N-dealkylation sites (tertiary alicyclic amines) is 1. The van der Waals surface area contributed by atoms with Crippen molar-refractivity contribution in [3.63, 3.8) is 0 Å². The van der Waals surface area contributed by atoms with E-state index in [4.69, 9.17) is 5.73 Å². The SMILES string of the molecule is Cl.NCCC1CCCN(C(=O)c2ccon2)C1. The van der Waals surface area contributed by atoms with Crippen molar-refractivity contribution in [3.05, 3.63) is 18.0 Å². The standard InChI is InChI=1S/C11H17N3O2.ClH/c12-5-3-9-2-1-6-14(8-9)11(15)10-4-7-16-13-10;/h4,7,9H,1-3,5-6,8,12H2;1H. The number of halogens is 1. The van der Waals surface area contributed by atoms with E-state index in [-0.39, 0.29) is 18.3 Å². The Hall–Kier alpha value is -1.07. The van der Waals surface area contributed by atoms with E-state index in [9.17, 15) is 4.79 Å². The molecule has 1 saturated heterocycles. The molecule has 0 radical (unpaired) electrons. The van der Waals surface area contributed by atoms with E-state index in [0.29, 0.717) is 18.2 Å². The zero-order valence-corrected chi connectivity index (χ0v) is 10.5. The third-order valence-electron chi connectivity index (χ3n) is 3.04. The molecule has 0 spiro atoms. The van der Waals surface area contributed by atoms with Crippen LogP contribution in [0.15, 0.2) is 16.9 Å². The molecule has 0 saturated carbocycles. The molecule has 0 aromatic carbocycles. The van der Waals surface area contributed by atoms with Crippen molar-refractivity contribution >= 4 is 18.3 Å². The van der Waals surface area contributed by atoms with Gasteiger partial charge in [-0.1, -0.05) is 5.16 Å². The molecule has 1 fully saturated rings. The molecule has 1 aromatic rings. The first kappa shape index (κ1) is 14.0. The lowest BCUT2D eigenvalue weighted by molar-refractivity contribution is 0.0659. The summed E-state index contributed by atoms with van der Waals surface area (Å²) in [5.74, 6) is 0.505. The molecule has 1 atom stereocenters. The Morgan fingerprint density at radius 3 is 3.12 bits per heavy atom. The number of rotatable bonds is 3. The first-order valence-corrected chi connectivity index (χ1v) is 5.71. The van der Waals surface area contributed by atoms with Gasteiger partial charge in [-0.25, -0.2) is 0 Å². The summed E-state index contributed by atoms with van der Waals surface area (Å²) in [4.78, 5) is 13.8. The summed E-state index contributed by atoms with van der Waals surface area (Å²) in [5, 5.41) is 3.67. The third kappa shape index (κ3) is 3.44. The van der Waals surface area contributed by atoms with Crippen molar-refractivity contribution in [2.24, 2.45) is 11.7 Å². The highest BCUT2D eigenvalue weighted by Crippen LogP contribution is 2.20. The average Bonchev–Trinajstić information content (AvgIpc) is 2.82. The Labute approximate surface area is 107 Å². The van der Waals surface area contributed by atoms with E-state index >= 15 is 0 Å². The molecule has 2 N–H and O–H groups in total. The Kier molecular flexibility index (Phi) is 5.44. The molecule has 0 aliphatic carbocycles. The van der Waals surface area contributed by atoms with Gasteiger partial charge >= 0.3 is 0 Å². The van der Waals surface area contributed by atoms with E-state index in [1.165, 1.54) is 12.7 Å². The predicted octanol–water partition coefficient (Wildman–Crippen LogP) is 1.30. The molecule has 1 aromatic heterocycles. The fourth-order valence-electron chi connectivity index (χ4n) is 2.21. The summed E-state index contributed by atoms with van der Waals surface area (Å²) in [6.45, 7) is 2.30. The molecular formula is C11H18ClN3O2. The van der Waals surface area contributed by atoms with Crippen molar-refractivity contribution in [2.45, 2.75) is 19.3 Å². The zero-order chi connectivity index (χ0) is 11.4. The normalized spacial score (nSPS) is 19.8. The van der Waals surface area contributed by atoms with Gasteiger partial charge in [0, 0.05) is 19.2 Å². The van der Waals surface area contributed by atoms with Gasteiger partial charge in [0.2, 0.25) is 0 Å². The van der Waals surface area contributed by atoms with Gasteiger partial charge in [-0.3, -0.25) is 4.79 Å². The number of carbonyl (C=O) groups excluding carboxylic acids is 1. The molecule has 1 amide bonds. The Morgan fingerprint density at radius 2 is 2.47 bits per heavy atom. The Bertz CT molecular complexity index is 340. The van der Waals surface area contributed by atoms with Crippen LogP contribution < -0.4 is 5.73 Å². The van der Waals surface area contributed by atoms with Crippen LogP contribution in [0.5, 0.6) is 0 Å². The van der Waals surface area contributed by atoms with Gasteiger partial charge < -0.3 is 15.2 Å². The minimum Gasteiger partial charge on any atom is -0.364 e. The summed E-state index contributed by atoms with van der Waals surface area (Å²) in [7, 11) is 0. The molecule has 0 bridgehead atoms. The molecule has 1 aliphatic rings. The van der Waals surface area contributed by atoms with Gasteiger partial charge in [0.1, 0.15) is 6.26 Å². The van der Waals surface area contributed by atoms with Crippen LogP contribution in [0.2, 0.25) is 0 Å². The molecule has 1 aliphatic heterocycles. The first-order valence-electron chi connectivity index (χ1n) is 5.71. The summed E-state index contributed by atoms with van der Waals surface area (Å²) < 4.78 is 4.68. The number of piperidine rings is 1. The van der Waals surface area contributed by atoms with E-state index in [1.54, 1.807) is 6.07 Å². The Balaban J connectivity index is 0.00000144.